The van der Waals surface area contributed by atoms with Gasteiger partial charge < -0.3 is 10.1 Å². The Balaban J connectivity index is 2.15. The van der Waals surface area contributed by atoms with E-state index in [9.17, 15) is 0 Å². The minimum atomic E-state index is 0.472. The fourth-order valence-corrected chi connectivity index (χ4v) is 3.48. The van der Waals surface area contributed by atoms with E-state index in [1.165, 1.54) is 32.1 Å². The second kappa shape index (κ2) is 7.49. The SMILES string of the molecule is CCNC(C)CCCOC1CC(C)CC(C)(C)C1. The Morgan fingerprint density at radius 3 is 2.67 bits per heavy atom. The highest BCUT2D eigenvalue weighted by Gasteiger charge is 2.32. The monoisotopic (exact) mass is 255 g/mol. The second-order valence-corrected chi connectivity index (χ2v) is 7.01. The molecule has 2 heteroatoms. The van der Waals surface area contributed by atoms with E-state index >= 15 is 0 Å². The Morgan fingerprint density at radius 2 is 2.06 bits per heavy atom. The quantitative estimate of drug-likeness (QED) is 0.694. The molecule has 0 spiro atoms. The van der Waals surface area contributed by atoms with E-state index in [1.807, 2.05) is 0 Å². The van der Waals surface area contributed by atoms with E-state index in [4.69, 9.17) is 4.74 Å². The third kappa shape index (κ3) is 6.19. The third-order valence-corrected chi connectivity index (χ3v) is 4.03. The summed E-state index contributed by atoms with van der Waals surface area (Å²) < 4.78 is 6.09. The van der Waals surface area contributed by atoms with Gasteiger partial charge >= 0.3 is 0 Å². The topological polar surface area (TPSA) is 21.3 Å². The van der Waals surface area contributed by atoms with Gasteiger partial charge in [-0.25, -0.2) is 0 Å². The maximum absolute atomic E-state index is 6.09. The van der Waals surface area contributed by atoms with E-state index < -0.39 is 0 Å². The average Bonchev–Trinajstić information content (AvgIpc) is 2.22. The van der Waals surface area contributed by atoms with Crippen LogP contribution in [0.4, 0.5) is 0 Å². The van der Waals surface area contributed by atoms with Crippen LogP contribution in [0.5, 0.6) is 0 Å². The molecule has 3 unspecified atom stereocenters. The van der Waals surface area contributed by atoms with Gasteiger partial charge in [0, 0.05) is 12.6 Å². The number of hydrogen-bond donors (Lipinski definition) is 1. The van der Waals surface area contributed by atoms with Crippen molar-refractivity contribution < 1.29 is 4.74 Å². The van der Waals surface area contributed by atoms with Crippen LogP contribution < -0.4 is 5.32 Å². The van der Waals surface area contributed by atoms with Gasteiger partial charge in [-0.05, 0) is 56.9 Å². The normalized spacial score (nSPS) is 29.2. The summed E-state index contributed by atoms with van der Waals surface area (Å²) in [5, 5.41) is 3.45. The van der Waals surface area contributed by atoms with Crippen LogP contribution in [0.15, 0.2) is 0 Å². The lowest BCUT2D eigenvalue weighted by Gasteiger charge is -2.38. The highest BCUT2D eigenvalue weighted by molar-refractivity contribution is 4.83. The van der Waals surface area contributed by atoms with Gasteiger partial charge in [0.25, 0.3) is 0 Å². The molecule has 0 heterocycles. The van der Waals surface area contributed by atoms with Gasteiger partial charge in [-0.1, -0.05) is 27.7 Å². The van der Waals surface area contributed by atoms with Gasteiger partial charge in [0.05, 0.1) is 6.10 Å². The van der Waals surface area contributed by atoms with Crippen molar-refractivity contribution in [2.45, 2.75) is 78.9 Å². The zero-order chi connectivity index (χ0) is 13.6. The summed E-state index contributed by atoms with van der Waals surface area (Å²) >= 11 is 0. The zero-order valence-electron chi connectivity index (χ0n) is 13.1. The fraction of sp³-hybridized carbons (Fsp3) is 1.00. The lowest BCUT2D eigenvalue weighted by Crippen LogP contribution is -2.33. The van der Waals surface area contributed by atoms with Crippen LogP contribution >= 0.6 is 0 Å². The Morgan fingerprint density at radius 1 is 1.33 bits per heavy atom. The molecular weight excluding hydrogens is 222 g/mol. The number of hydrogen-bond acceptors (Lipinski definition) is 2. The molecule has 0 amide bonds. The Labute approximate surface area is 114 Å². The van der Waals surface area contributed by atoms with Crippen molar-refractivity contribution in [3.8, 4) is 0 Å². The van der Waals surface area contributed by atoms with Crippen molar-refractivity contribution in [1.29, 1.82) is 0 Å². The van der Waals surface area contributed by atoms with Gasteiger partial charge in [-0.2, -0.15) is 0 Å². The summed E-state index contributed by atoms with van der Waals surface area (Å²) in [6.45, 7) is 13.6. The molecular formula is C16H33NO. The molecule has 18 heavy (non-hydrogen) atoms. The number of nitrogens with one attached hydrogen (secondary N) is 1. The average molecular weight is 255 g/mol. The molecule has 0 aromatic carbocycles. The van der Waals surface area contributed by atoms with E-state index in [1.54, 1.807) is 0 Å². The predicted octanol–water partition coefficient (Wildman–Crippen LogP) is 4.00. The van der Waals surface area contributed by atoms with Crippen LogP contribution in [0, 0.1) is 11.3 Å². The third-order valence-electron chi connectivity index (χ3n) is 4.03. The minimum absolute atomic E-state index is 0.472. The molecule has 0 aromatic heterocycles. The van der Waals surface area contributed by atoms with Crippen molar-refractivity contribution in [2.24, 2.45) is 11.3 Å². The van der Waals surface area contributed by atoms with Crippen LogP contribution in [0.25, 0.3) is 0 Å². The number of rotatable bonds is 7. The first-order chi connectivity index (χ1) is 8.43. The van der Waals surface area contributed by atoms with Crippen LogP contribution in [-0.4, -0.2) is 25.3 Å². The molecule has 1 rings (SSSR count). The molecule has 2 nitrogen and oxygen atoms in total. The van der Waals surface area contributed by atoms with Crippen molar-refractivity contribution in [1.82, 2.24) is 5.32 Å². The zero-order valence-corrected chi connectivity index (χ0v) is 13.1. The van der Waals surface area contributed by atoms with Gasteiger partial charge in [0.1, 0.15) is 0 Å². The smallest absolute Gasteiger partial charge is 0.0582 e. The van der Waals surface area contributed by atoms with Crippen molar-refractivity contribution in [2.75, 3.05) is 13.2 Å². The summed E-state index contributed by atoms with van der Waals surface area (Å²) in [7, 11) is 0. The first-order valence-corrected chi connectivity index (χ1v) is 7.78. The number of ether oxygens (including phenoxy) is 1. The van der Waals surface area contributed by atoms with E-state index in [0.29, 0.717) is 17.6 Å². The lowest BCUT2D eigenvalue weighted by atomic mass is 9.71. The Bertz CT molecular complexity index is 227. The molecule has 0 aliphatic heterocycles. The molecule has 0 bridgehead atoms. The summed E-state index contributed by atoms with van der Waals surface area (Å²) in [5.41, 5.74) is 0.472. The standard InChI is InChI=1S/C16H33NO/c1-6-17-14(3)8-7-9-18-15-10-13(2)11-16(4,5)12-15/h13-15,17H,6-12H2,1-5H3. The maximum Gasteiger partial charge on any atom is 0.0582 e. The second-order valence-electron chi connectivity index (χ2n) is 7.01. The highest BCUT2D eigenvalue weighted by Crippen LogP contribution is 2.39. The fourth-order valence-electron chi connectivity index (χ4n) is 3.48. The van der Waals surface area contributed by atoms with Crippen molar-refractivity contribution in [3.05, 3.63) is 0 Å². The van der Waals surface area contributed by atoms with E-state index in [0.717, 1.165) is 19.1 Å². The molecule has 0 aromatic rings. The molecule has 1 saturated carbocycles. The van der Waals surface area contributed by atoms with Crippen molar-refractivity contribution >= 4 is 0 Å². The Hall–Kier alpha value is -0.0800. The molecule has 3 atom stereocenters. The molecule has 0 radical (unpaired) electrons. The molecule has 0 saturated heterocycles. The summed E-state index contributed by atoms with van der Waals surface area (Å²) in [6.07, 6.45) is 6.74. The van der Waals surface area contributed by atoms with Gasteiger partial charge in [0.2, 0.25) is 0 Å². The molecule has 1 fully saturated rings. The minimum Gasteiger partial charge on any atom is -0.378 e. The first kappa shape index (κ1) is 16.0. The lowest BCUT2D eigenvalue weighted by molar-refractivity contribution is -0.0243. The molecule has 108 valence electrons. The maximum atomic E-state index is 6.09. The summed E-state index contributed by atoms with van der Waals surface area (Å²) in [4.78, 5) is 0. The van der Waals surface area contributed by atoms with Crippen LogP contribution in [0.2, 0.25) is 0 Å². The van der Waals surface area contributed by atoms with E-state index in [-0.39, 0.29) is 0 Å². The first-order valence-electron chi connectivity index (χ1n) is 7.78. The molecule has 1 aliphatic rings. The van der Waals surface area contributed by atoms with Crippen LogP contribution in [0.3, 0.4) is 0 Å². The van der Waals surface area contributed by atoms with Gasteiger partial charge in [-0.15, -0.1) is 0 Å². The van der Waals surface area contributed by atoms with Crippen LogP contribution in [-0.2, 0) is 4.74 Å². The van der Waals surface area contributed by atoms with Gasteiger partial charge in [0.15, 0.2) is 0 Å². The van der Waals surface area contributed by atoms with E-state index in [2.05, 4.69) is 39.9 Å². The largest absolute Gasteiger partial charge is 0.378 e. The highest BCUT2D eigenvalue weighted by atomic mass is 16.5. The molecule has 1 N–H and O–H groups in total. The van der Waals surface area contributed by atoms with Crippen LogP contribution in [0.1, 0.15) is 66.7 Å². The molecule has 1 aliphatic carbocycles. The summed E-state index contributed by atoms with van der Waals surface area (Å²) in [6, 6.07) is 0.625. The predicted molar refractivity (Wildman–Crippen MR) is 78.9 cm³/mol. The Kier molecular flexibility index (Phi) is 6.65. The summed E-state index contributed by atoms with van der Waals surface area (Å²) in [5.74, 6) is 0.819. The van der Waals surface area contributed by atoms with Crippen molar-refractivity contribution in [3.63, 3.8) is 0 Å². The van der Waals surface area contributed by atoms with Gasteiger partial charge in [-0.3, -0.25) is 0 Å².